The van der Waals surface area contributed by atoms with Crippen molar-refractivity contribution in [1.29, 1.82) is 0 Å². The van der Waals surface area contributed by atoms with Gasteiger partial charge in [0.25, 0.3) is 0 Å². The summed E-state index contributed by atoms with van der Waals surface area (Å²) in [5, 5.41) is 11.8. The number of benzene rings is 2. The molecule has 2 aromatic heterocycles. The first-order valence-corrected chi connectivity index (χ1v) is 11.4. The number of thioether (sulfide) groups is 1. The van der Waals surface area contributed by atoms with Gasteiger partial charge in [-0.3, -0.25) is 14.3 Å². The largest absolute Gasteiger partial charge is 0.462 e. The number of esters is 1. The Kier molecular flexibility index (Phi) is 7.28. The maximum Gasteiger partial charge on any atom is 0.338 e. The Morgan fingerprint density at radius 2 is 1.82 bits per heavy atom. The summed E-state index contributed by atoms with van der Waals surface area (Å²) in [6, 6.07) is 16.1. The zero-order valence-electron chi connectivity index (χ0n) is 18.1. The normalized spacial score (nSPS) is 10.6. The van der Waals surface area contributed by atoms with E-state index in [1.165, 1.54) is 23.9 Å². The van der Waals surface area contributed by atoms with Crippen molar-refractivity contribution in [2.24, 2.45) is 0 Å². The number of nitrogens with one attached hydrogen (secondary N) is 1. The van der Waals surface area contributed by atoms with Crippen LogP contribution in [0.25, 0.3) is 17.1 Å². The molecule has 4 aromatic rings. The molecule has 0 bridgehead atoms. The summed E-state index contributed by atoms with van der Waals surface area (Å²) in [4.78, 5) is 28.5. The first-order chi connectivity index (χ1) is 16.5. The van der Waals surface area contributed by atoms with E-state index in [4.69, 9.17) is 4.74 Å². The van der Waals surface area contributed by atoms with Crippen LogP contribution in [0.15, 0.2) is 78.2 Å². The van der Waals surface area contributed by atoms with Gasteiger partial charge in [0.1, 0.15) is 5.82 Å². The Hall–Kier alpha value is -4.05. The molecule has 8 nitrogen and oxygen atoms in total. The summed E-state index contributed by atoms with van der Waals surface area (Å²) in [7, 11) is 0. The monoisotopic (exact) mass is 477 g/mol. The van der Waals surface area contributed by atoms with E-state index in [2.05, 4.69) is 20.5 Å². The second kappa shape index (κ2) is 10.7. The number of hydrogen-bond acceptors (Lipinski definition) is 7. The van der Waals surface area contributed by atoms with Crippen LogP contribution in [-0.2, 0) is 9.53 Å². The summed E-state index contributed by atoms with van der Waals surface area (Å²) in [5.74, 6) is -0.520. The summed E-state index contributed by atoms with van der Waals surface area (Å²) < 4.78 is 20.3. The van der Waals surface area contributed by atoms with E-state index in [0.29, 0.717) is 27.9 Å². The lowest BCUT2D eigenvalue weighted by molar-refractivity contribution is -0.113. The van der Waals surface area contributed by atoms with Crippen molar-refractivity contribution in [3.8, 4) is 17.1 Å². The Labute approximate surface area is 199 Å². The van der Waals surface area contributed by atoms with Crippen molar-refractivity contribution in [3.05, 3.63) is 84.4 Å². The molecule has 2 heterocycles. The highest BCUT2D eigenvalue weighted by atomic mass is 32.2. The van der Waals surface area contributed by atoms with Crippen LogP contribution in [0.5, 0.6) is 0 Å². The number of carbonyl (C=O) groups excluding carboxylic acids is 2. The van der Waals surface area contributed by atoms with Crippen LogP contribution in [0.4, 0.5) is 10.1 Å². The van der Waals surface area contributed by atoms with Gasteiger partial charge in [-0.1, -0.05) is 17.8 Å². The zero-order valence-corrected chi connectivity index (χ0v) is 19.0. The fraction of sp³-hybridized carbons (Fsp3) is 0.125. The SMILES string of the molecule is CCOC(=O)c1cccc(NC(=O)CSc2nnc(-c3ccncc3)n2-c2ccc(F)cc2)c1. The third-order valence-electron chi connectivity index (χ3n) is 4.65. The summed E-state index contributed by atoms with van der Waals surface area (Å²) in [5.41, 5.74) is 2.26. The fourth-order valence-corrected chi connectivity index (χ4v) is 3.89. The minimum Gasteiger partial charge on any atom is -0.462 e. The number of rotatable bonds is 8. The van der Waals surface area contributed by atoms with E-state index in [1.54, 1.807) is 72.4 Å². The van der Waals surface area contributed by atoms with Gasteiger partial charge in [-0.25, -0.2) is 9.18 Å². The van der Waals surface area contributed by atoms with Gasteiger partial charge in [0.05, 0.1) is 17.9 Å². The molecule has 1 amide bonds. The molecule has 0 saturated carbocycles. The first-order valence-electron chi connectivity index (χ1n) is 10.4. The van der Waals surface area contributed by atoms with Crippen LogP contribution >= 0.6 is 11.8 Å². The van der Waals surface area contributed by atoms with E-state index in [-0.39, 0.29) is 24.1 Å². The molecule has 0 fully saturated rings. The third-order valence-corrected chi connectivity index (χ3v) is 5.58. The average Bonchev–Trinajstić information content (AvgIpc) is 3.28. The molecule has 0 unspecified atom stereocenters. The Balaban J connectivity index is 1.52. The van der Waals surface area contributed by atoms with E-state index < -0.39 is 5.97 Å². The number of aromatic nitrogens is 4. The standard InChI is InChI=1S/C24H20FN5O3S/c1-2-33-23(32)17-4-3-5-19(14-17)27-21(31)15-34-24-29-28-22(16-10-12-26-13-11-16)30(24)20-8-6-18(25)7-9-20/h3-14H,2,15H2,1H3,(H,27,31). The van der Waals surface area contributed by atoms with Gasteiger partial charge in [0.2, 0.25) is 5.91 Å². The molecule has 2 aromatic carbocycles. The van der Waals surface area contributed by atoms with Crippen LogP contribution in [0.1, 0.15) is 17.3 Å². The topological polar surface area (TPSA) is 99.0 Å². The molecule has 0 spiro atoms. The highest BCUT2D eigenvalue weighted by molar-refractivity contribution is 7.99. The van der Waals surface area contributed by atoms with Gasteiger partial charge in [-0.2, -0.15) is 0 Å². The number of amides is 1. The van der Waals surface area contributed by atoms with E-state index >= 15 is 0 Å². The molecule has 0 aliphatic rings. The molecule has 0 radical (unpaired) electrons. The van der Waals surface area contributed by atoms with Gasteiger partial charge in [0.15, 0.2) is 11.0 Å². The van der Waals surface area contributed by atoms with Gasteiger partial charge < -0.3 is 10.1 Å². The maximum atomic E-state index is 13.5. The highest BCUT2D eigenvalue weighted by Crippen LogP contribution is 2.28. The number of ether oxygens (including phenoxy) is 1. The molecule has 34 heavy (non-hydrogen) atoms. The van der Waals surface area contributed by atoms with Crippen molar-refractivity contribution in [3.63, 3.8) is 0 Å². The van der Waals surface area contributed by atoms with E-state index in [9.17, 15) is 14.0 Å². The molecule has 4 rings (SSSR count). The molecule has 0 saturated heterocycles. The smallest absolute Gasteiger partial charge is 0.338 e. The number of carbonyl (C=O) groups is 2. The van der Waals surface area contributed by atoms with Crippen LogP contribution in [0.3, 0.4) is 0 Å². The Bertz CT molecular complexity index is 1300. The summed E-state index contributed by atoms with van der Waals surface area (Å²) in [6.45, 7) is 1.99. The van der Waals surface area contributed by atoms with Gasteiger partial charge in [0, 0.05) is 29.3 Å². The Morgan fingerprint density at radius 1 is 1.06 bits per heavy atom. The van der Waals surface area contributed by atoms with Gasteiger partial charge >= 0.3 is 5.97 Å². The van der Waals surface area contributed by atoms with Crippen LogP contribution < -0.4 is 5.32 Å². The van der Waals surface area contributed by atoms with Crippen molar-refractivity contribution in [2.45, 2.75) is 12.1 Å². The molecule has 172 valence electrons. The number of nitrogens with zero attached hydrogens (tertiary/aromatic N) is 4. The molecule has 1 N–H and O–H groups in total. The molecular weight excluding hydrogens is 457 g/mol. The van der Waals surface area contributed by atoms with E-state index in [1.807, 2.05) is 0 Å². The Morgan fingerprint density at radius 3 is 2.56 bits per heavy atom. The quantitative estimate of drug-likeness (QED) is 0.297. The predicted octanol–water partition coefficient (Wildman–Crippen LogP) is 4.38. The molecule has 0 aliphatic carbocycles. The fourth-order valence-electron chi connectivity index (χ4n) is 3.14. The molecular formula is C24H20FN5O3S. The van der Waals surface area contributed by atoms with Gasteiger partial charge in [-0.15, -0.1) is 10.2 Å². The number of pyridine rings is 1. The third kappa shape index (κ3) is 5.46. The zero-order chi connectivity index (χ0) is 23.9. The lowest BCUT2D eigenvalue weighted by Crippen LogP contribution is -2.15. The first kappa shape index (κ1) is 23.1. The van der Waals surface area contributed by atoms with Crippen molar-refractivity contribution >= 4 is 29.3 Å². The van der Waals surface area contributed by atoms with Crippen molar-refractivity contribution in [2.75, 3.05) is 17.7 Å². The lowest BCUT2D eigenvalue weighted by Gasteiger charge is -2.11. The minimum absolute atomic E-state index is 0.0410. The average molecular weight is 478 g/mol. The molecule has 0 atom stereocenters. The minimum atomic E-state index is -0.455. The number of halogens is 1. The van der Waals surface area contributed by atoms with Crippen LogP contribution in [-0.4, -0.2) is 44.0 Å². The van der Waals surface area contributed by atoms with Crippen molar-refractivity contribution < 1.29 is 18.7 Å². The van der Waals surface area contributed by atoms with Gasteiger partial charge in [-0.05, 0) is 61.5 Å². The molecule has 10 heteroatoms. The van der Waals surface area contributed by atoms with Crippen molar-refractivity contribution in [1.82, 2.24) is 19.7 Å². The number of anilines is 1. The predicted molar refractivity (Wildman–Crippen MR) is 126 cm³/mol. The van der Waals surface area contributed by atoms with Crippen LogP contribution in [0.2, 0.25) is 0 Å². The summed E-state index contributed by atoms with van der Waals surface area (Å²) >= 11 is 1.18. The second-order valence-corrected chi connectivity index (χ2v) is 7.93. The van der Waals surface area contributed by atoms with Crippen LogP contribution in [0, 0.1) is 5.82 Å². The lowest BCUT2D eigenvalue weighted by atomic mass is 10.2. The molecule has 0 aliphatic heterocycles. The maximum absolute atomic E-state index is 13.5. The number of hydrogen-bond donors (Lipinski definition) is 1. The van der Waals surface area contributed by atoms with E-state index in [0.717, 1.165) is 5.56 Å². The summed E-state index contributed by atoms with van der Waals surface area (Å²) in [6.07, 6.45) is 3.29. The second-order valence-electron chi connectivity index (χ2n) is 6.99. The highest BCUT2D eigenvalue weighted by Gasteiger charge is 2.18.